The van der Waals surface area contributed by atoms with Crippen molar-refractivity contribution in [1.82, 2.24) is 14.8 Å². The Hall–Kier alpha value is -4.65. The lowest BCUT2D eigenvalue weighted by Gasteiger charge is -2.28. The first kappa shape index (κ1) is 28.9. The van der Waals surface area contributed by atoms with Gasteiger partial charge in [-0.3, -0.25) is 10.3 Å². The average Bonchev–Trinajstić information content (AvgIpc) is 3.34. The summed E-state index contributed by atoms with van der Waals surface area (Å²) in [6, 6.07) is 25.5. The van der Waals surface area contributed by atoms with Crippen molar-refractivity contribution < 1.29 is 9.53 Å². The quantitative estimate of drug-likeness (QED) is 0.209. The lowest BCUT2D eigenvalue weighted by Crippen LogP contribution is -2.31. The number of benzene rings is 3. The van der Waals surface area contributed by atoms with Crippen molar-refractivity contribution in [3.63, 3.8) is 0 Å². The summed E-state index contributed by atoms with van der Waals surface area (Å²) in [5, 5.41) is 12.7. The molecule has 2 amide bonds. The van der Waals surface area contributed by atoms with Crippen LogP contribution in [-0.4, -0.2) is 26.4 Å². The number of hydrogen-bond donors (Lipinski definition) is 2. The third kappa shape index (κ3) is 6.62. The van der Waals surface area contributed by atoms with Crippen LogP contribution in [-0.2, 0) is 11.8 Å². The van der Waals surface area contributed by atoms with Crippen molar-refractivity contribution >= 4 is 28.3 Å². The van der Waals surface area contributed by atoms with Gasteiger partial charge in [-0.1, -0.05) is 62.7 Å². The summed E-state index contributed by atoms with van der Waals surface area (Å²) in [5.41, 5.74) is 5.13. The highest BCUT2D eigenvalue weighted by Gasteiger charge is 2.24. The normalized spacial score (nSPS) is 11.9. The van der Waals surface area contributed by atoms with E-state index in [1.54, 1.807) is 4.68 Å². The van der Waals surface area contributed by atoms with Crippen LogP contribution >= 0.6 is 0 Å². The average molecular weight is 562 g/mol. The molecule has 0 bridgehead atoms. The molecule has 0 atom stereocenters. The molecular weight excluding hydrogens is 522 g/mol. The number of nitrogens with one attached hydrogen (secondary N) is 2. The number of fused-ring (bicyclic) bond motifs is 1. The molecule has 2 aromatic heterocycles. The van der Waals surface area contributed by atoms with Crippen LogP contribution in [0.15, 0.2) is 85.1 Å². The van der Waals surface area contributed by atoms with Gasteiger partial charge in [0.1, 0.15) is 17.2 Å². The summed E-state index contributed by atoms with van der Waals surface area (Å²) < 4.78 is 8.34. The summed E-state index contributed by atoms with van der Waals surface area (Å²) in [4.78, 5) is 17.7. The smallest absolute Gasteiger partial charge is 0.324 e. The van der Waals surface area contributed by atoms with Crippen molar-refractivity contribution in [1.29, 1.82) is 0 Å². The molecule has 5 rings (SSSR count). The highest BCUT2D eigenvalue weighted by molar-refractivity contribution is 6.07. The van der Waals surface area contributed by atoms with Crippen LogP contribution in [0.25, 0.3) is 16.5 Å². The van der Waals surface area contributed by atoms with Gasteiger partial charge in [-0.05, 0) is 69.7 Å². The minimum Gasteiger partial charge on any atom is -0.487 e. The van der Waals surface area contributed by atoms with E-state index < -0.39 is 5.60 Å². The van der Waals surface area contributed by atoms with E-state index in [1.807, 2.05) is 92.8 Å². The number of amides is 2. The maximum absolute atomic E-state index is 13.4. The Bertz CT molecular complexity index is 1730. The first-order chi connectivity index (χ1) is 19.9. The fourth-order valence-corrected chi connectivity index (χ4v) is 5.00. The first-order valence-electron chi connectivity index (χ1n) is 14.3. The number of pyridine rings is 1. The SMILES string of the molecule is Cc1ccc(-n2nc(C(C)(C)C)cc2NC(=O)Nc2ccc(OC(C)(C)Cc3ccnc(C)c3)c3ccccc23)cc1. The molecule has 0 radical (unpaired) electrons. The zero-order valence-corrected chi connectivity index (χ0v) is 25.4. The highest BCUT2D eigenvalue weighted by atomic mass is 16.5. The Morgan fingerprint density at radius 1 is 0.857 bits per heavy atom. The molecule has 0 aliphatic heterocycles. The number of carbonyl (C=O) groups excluding carboxylic acids is 1. The molecule has 2 heterocycles. The van der Waals surface area contributed by atoms with Crippen LogP contribution in [0.3, 0.4) is 0 Å². The molecule has 5 aromatic rings. The lowest BCUT2D eigenvalue weighted by atomic mass is 9.92. The minimum atomic E-state index is -0.456. The van der Waals surface area contributed by atoms with Gasteiger partial charge in [-0.15, -0.1) is 0 Å². The number of aromatic nitrogens is 3. The third-order valence-electron chi connectivity index (χ3n) is 7.11. The zero-order valence-electron chi connectivity index (χ0n) is 25.4. The largest absolute Gasteiger partial charge is 0.487 e. The Labute approximate surface area is 248 Å². The second-order valence-corrected chi connectivity index (χ2v) is 12.5. The highest BCUT2D eigenvalue weighted by Crippen LogP contribution is 2.35. The fraction of sp³-hybridized carbons (Fsp3) is 0.286. The number of anilines is 2. The number of hydrogen-bond acceptors (Lipinski definition) is 4. The molecule has 42 heavy (non-hydrogen) atoms. The molecule has 3 aromatic carbocycles. The third-order valence-corrected chi connectivity index (χ3v) is 7.11. The Balaban J connectivity index is 1.39. The van der Waals surface area contributed by atoms with Gasteiger partial charge in [-0.2, -0.15) is 5.10 Å². The van der Waals surface area contributed by atoms with Gasteiger partial charge in [0.05, 0.1) is 17.1 Å². The van der Waals surface area contributed by atoms with Crippen LogP contribution in [0.1, 0.15) is 57.1 Å². The molecule has 0 fully saturated rings. The van der Waals surface area contributed by atoms with E-state index in [-0.39, 0.29) is 11.4 Å². The number of urea groups is 1. The van der Waals surface area contributed by atoms with Gasteiger partial charge in [0.2, 0.25) is 0 Å². The molecule has 0 aliphatic rings. The standard InChI is InChI=1S/C35H39N5O2/c1-23-12-14-26(15-13-23)40-32(21-31(39-40)34(3,4)5)38-33(41)37-29-16-17-30(28-11-9-8-10-27(28)29)42-35(6,7)22-25-18-19-36-24(2)20-25/h8-21H,22H2,1-7H3,(H2,37,38,41). The number of aryl methyl sites for hydroxylation is 2. The molecular formula is C35H39N5O2. The summed E-state index contributed by atoms with van der Waals surface area (Å²) in [5.74, 6) is 1.36. The topological polar surface area (TPSA) is 81.1 Å². The van der Waals surface area contributed by atoms with Crippen molar-refractivity contribution in [2.45, 2.75) is 65.9 Å². The van der Waals surface area contributed by atoms with Crippen molar-refractivity contribution in [3.8, 4) is 11.4 Å². The van der Waals surface area contributed by atoms with Crippen LogP contribution in [0.2, 0.25) is 0 Å². The molecule has 0 saturated heterocycles. The second-order valence-electron chi connectivity index (χ2n) is 12.5. The van der Waals surface area contributed by atoms with Gasteiger partial charge in [0.15, 0.2) is 0 Å². The molecule has 0 aliphatic carbocycles. The van der Waals surface area contributed by atoms with E-state index in [4.69, 9.17) is 9.84 Å². The number of rotatable bonds is 7. The van der Waals surface area contributed by atoms with E-state index in [1.165, 1.54) is 5.56 Å². The maximum Gasteiger partial charge on any atom is 0.324 e. The fourth-order valence-electron chi connectivity index (χ4n) is 5.00. The van der Waals surface area contributed by atoms with E-state index in [9.17, 15) is 4.79 Å². The van der Waals surface area contributed by atoms with Gasteiger partial charge in [0.25, 0.3) is 0 Å². The van der Waals surface area contributed by atoms with Gasteiger partial charge >= 0.3 is 6.03 Å². The van der Waals surface area contributed by atoms with Crippen LogP contribution < -0.4 is 15.4 Å². The molecule has 0 saturated carbocycles. The predicted octanol–water partition coefficient (Wildman–Crippen LogP) is 8.38. The molecule has 7 nitrogen and oxygen atoms in total. The molecule has 7 heteroatoms. The van der Waals surface area contributed by atoms with Gasteiger partial charge in [0, 0.05) is 40.6 Å². The van der Waals surface area contributed by atoms with Crippen molar-refractivity contribution in [2.75, 3.05) is 10.6 Å². The molecule has 0 spiro atoms. The van der Waals surface area contributed by atoms with E-state index in [0.717, 1.165) is 45.6 Å². The van der Waals surface area contributed by atoms with Crippen LogP contribution in [0, 0.1) is 13.8 Å². The Kier molecular flexibility index (Phi) is 7.78. The summed E-state index contributed by atoms with van der Waals surface area (Å²) in [6.07, 6.45) is 2.57. The summed E-state index contributed by atoms with van der Waals surface area (Å²) in [6.45, 7) is 14.5. The molecule has 216 valence electrons. The second kappa shape index (κ2) is 11.3. The predicted molar refractivity (Wildman–Crippen MR) is 171 cm³/mol. The van der Waals surface area contributed by atoms with Crippen LogP contribution in [0.4, 0.5) is 16.3 Å². The minimum absolute atomic E-state index is 0.182. The number of nitrogens with zero attached hydrogens (tertiary/aromatic N) is 3. The molecule has 2 N–H and O–H groups in total. The summed E-state index contributed by atoms with van der Waals surface area (Å²) >= 11 is 0. The monoisotopic (exact) mass is 561 g/mol. The van der Waals surface area contributed by atoms with E-state index >= 15 is 0 Å². The lowest BCUT2D eigenvalue weighted by molar-refractivity contribution is 0.112. The Morgan fingerprint density at radius 3 is 2.26 bits per heavy atom. The van der Waals surface area contributed by atoms with Gasteiger partial charge in [-0.25, -0.2) is 9.48 Å². The van der Waals surface area contributed by atoms with Gasteiger partial charge < -0.3 is 10.1 Å². The van der Waals surface area contributed by atoms with Crippen LogP contribution in [0.5, 0.6) is 5.75 Å². The van der Waals surface area contributed by atoms with Crippen molar-refractivity contribution in [2.24, 2.45) is 0 Å². The first-order valence-corrected chi connectivity index (χ1v) is 14.3. The number of ether oxygens (including phenoxy) is 1. The van der Waals surface area contributed by atoms with E-state index in [2.05, 4.69) is 56.3 Å². The zero-order chi connectivity index (χ0) is 30.1. The van der Waals surface area contributed by atoms with Crippen molar-refractivity contribution in [3.05, 3.63) is 108 Å². The molecule has 0 unspecified atom stereocenters. The van der Waals surface area contributed by atoms with E-state index in [0.29, 0.717) is 11.5 Å². The Morgan fingerprint density at radius 2 is 1.57 bits per heavy atom. The maximum atomic E-state index is 13.4. The number of carbonyl (C=O) groups is 1. The summed E-state index contributed by atoms with van der Waals surface area (Å²) in [7, 11) is 0.